The van der Waals surface area contributed by atoms with E-state index in [0.29, 0.717) is 0 Å². The number of imidazole rings is 1. The van der Waals surface area contributed by atoms with Crippen LogP contribution in [0.25, 0.3) is 0 Å². The van der Waals surface area contributed by atoms with Crippen molar-refractivity contribution in [1.29, 1.82) is 0 Å². The van der Waals surface area contributed by atoms with Gasteiger partial charge in [0.15, 0.2) is 0 Å². The molecule has 0 spiro atoms. The van der Waals surface area contributed by atoms with Crippen LogP contribution in [0.1, 0.15) is 25.1 Å². The standard InChI is InChI=1S/C9H15N3/c1-2-6-12(7-3-1)8-9-10-4-5-11-9/h4-5H,1-3,6-8H2,(H,10,11). The molecule has 2 rings (SSSR count). The lowest BCUT2D eigenvalue weighted by Crippen LogP contribution is -2.29. The van der Waals surface area contributed by atoms with Gasteiger partial charge in [0, 0.05) is 12.4 Å². The molecule has 1 saturated heterocycles. The lowest BCUT2D eigenvalue weighted by molar-refractivity contribution is 0.216. The number of aromatic nitrogens is 2. The largest absolute Gasteiger partial charge is 0.348 e. The quantitative estimate of drug-likeness (QED) is 0.718. The number of H-pyrrole nitrogens is 1. The molecule has 1 N–H and O–H groups in total. The van der Waals surface area contributed by atoms with Gasteiger partial charge in [0.05, 0.1) is 6.54 Å². The summed E-state index contributed by atoms with van der Waals surface area (Å²) in [7, 11) is 0. The monoisotopic (exact) mass is 165 g/mol. The predicted octanol–water partition coefficient (Wildman–Crippen LogP) is 1.40. The van der Waals surface area contributed by atoms with Gasteiger partial charge < -0.3 is 4.98 Å². The Balaban J connectivity index is 1.86. The number of likely N-dealkylation sites (tertiary alicyclic amines) is 1. The van der Waals surface area contributed by atoms with Crippen LogP contribution in [0, 0.1) is 0 Å². The normalized spacial score (nSPS) is 19.7. The van der Waals surface area contributed by atoms with Gasteiger partial charge in [-0.3, -0.25) is 4.90 Å². The molecule has 1 aliphatic heterocycles. The summed E-state index contributed by atoms with van der Waals surface area (Å²) in [6.07, 6.45) is 7.80. The molecular formula is C9H15N3. The van der Waals surface area contributed by atoms with Crippen molar-refractivity contribution < 1.29 is 0 Å². The van der Waals surface area contributed by atoms with E-state index in [2.05, 4.69) is 14.9 Å². The van der Waals surface area contributed by atoms with Crippen molar-refractivity contribution in [2.75, 3.05) is 13.1 Å². The molecule has 0 unspecified atom stereocenters. The second-order valence-corrected chi connectivity index (χ2v) is 3.37. The summed E-state index contributed by atoms with van der Waals surface area (Å²) in [5.74, 6) is 1.09. The Morgan fingerprint density at radius 2 is 2.17 bits per heavy atom. The van der Waals surface area contributed by atoms with E-state index in [1.165, 1.54) is 32.4 Å². The molecule has 66 valence electrons. The van der Waals surface area contributed by atoms with Gasteiger partial charge in [-0.2, -0.15) is 0 Å². The second-order valence-electron chi connectivity index (χ2n) is 3.37. The first kappa shape index (κ1) is 7.80. The van der Waals surface area contributed by atoms with Crippen LogP contribution in [0.4, 0.5) is 0 Å². The smallest absolute Gasteiger partial charge is 0.120 e. The van der Waals surface area contributed by atoms with E-state index in [4.69, 9.17) is 0 Å². The molecule has 3 heteroatoms. The molecule has 0 amide bonds. The zero-order valence-electron chi connectivity index (χ0n) is 7.29. The average molecular weight is 165 g/mol. The van der Waals surface area contributed by atoms with Gasteiger partial charge in [0.1, 0.15) is 5.82 Å². The molecule has 0 aliphatic carbocycles. The summed E-state index contributed by atoms with van der Waals surface area (Å²) in [5, 5.41) is 0. The highest BCUT2D eigenvalue weighted by Gasteiger charge is 2.10. The molecule has 2 heterocycles. The number of aromatic amines is 1. The van der Waals surface area contributed by atoms with E-state index in [1.807, 2.05) is 12.4 Å². The van der Waals surface area contributed by atoms with E-state index in [-0.39, 0.29) is 0 Å². The molecular weight excluding hydrogens is 150 g/mol. The SMILES string of the molecule is c1c[nH]c(CN2CCCCC2)n1. The average Bonchev–Trinajstić information content (AvgIpc) is 2.59. The summed E-state index contributed by atoms with van der Waals surface area (Å²) in [5.41, 5.74) is 0. The third-order valence-electron chi connectivity index (χ3n) is 2.38. The van der Waals surface area contributed by atoms with Gasteiger partial charge in [-0.15, -0.1) is 0 Å². The minimum atomic E-state index is 0.993. The molecule has 0 radical (unpaired) electrons. The minimum absolute atomic E-state index is 0.993. The highest BCUT2D eigenvalue weighted by Crippen LogP contribution is 2.10. The molecule has 0 bridgehead atoms. The Labute approximate surface area is 72.8 Å². The molecule has 0 atom stereocenters. The lowest BCUT2D eigenvalue weighted by atomic mass is 10.1. The van der Waals surface area contributed by atoms with Crippen molar-refractivity contribution in [2.24, 2.45) is 0 Å². The van der Waals surface area contributed by atoms with E-state index in [0.717, 1.165) is 12.4 Å². The van der Waals surface area contributed by atoms with Crippen molar-refractivity contribution >= 4 is 0 Å². The van der Waals surface area contributed by atoms with E-state index < -0.39 is 0 Å². The van der Waals surface area contributed by atoms with Crippen LogP contribution in [-0.2, 0) is 6.54 Å². The van der Waals surface area contributed by atoms with Gasteiger partial charge in [-0.1, -0.05) is 6.42 Å². The number of nitrogens with one attached hydrogen (secondary N) is 1. The Morgan fingerprint density at radius 3 is 2.83 bits per heavy atom. The van der Waals surface area contributed by atoms with Gasteiger partial charge in [-0.25, -0.2) is 4.98 Å². The van der Waals surface area contributed by atoms with Crippen molar-refractivity contribution in [3.8, 4) is 0 Å². The van der Waals surface area contributed by atoms with E-state index >= 15 is 0 Å². The lowest BCUT2D eigenvalue weighted by Gasteiger charge is -2.25. The van der Waals surface area contributed by atoms with Crippen LogP contribution in [0.2, 0.25) is 0 Å². The van der Waals surface area contributed by atoms with Gasteiger partial charge in [0.25, 0.3) is 0 Å². The summed E-state index contributed by atoms with van der Waals surface area (Å²) < 4.78 is 0. The van der Waals surface area contributed by atoms with Gasteiger partial charge >= 0.3 is 0 Å². The van der Waals surface area contributed by atoms with Gasteiger partial charge in [-0.05, 0) is 25.9 Å². The Hall–Kier alpha value is -0.830. The van der Waals surface area contributed by atoms with Crippen LogP contribution in [0.15, 0.2) is 12.4 Å². The molecule has 1 aliphatic rings. The molecule has 1 fully saturated rings. The summed E-state index contributed by atoms with van der Waals surface area (Å²) >= 11 is 0. The first-order chi connectivity index (χ1) is 5.95. The third-order valence-corrected chi connectivity index (χ3v) is 2.38. The van der Waals surface area contributed by atoms with Crippen molar-refractivity contribution in [2.45, 2.75) is 25.8 Å². The molecule has 0 saturated carbocycles. The number of rotatable bonds is 2. The Bertz CT molecular complexity index is 212. The third kappa shape index (κ3) is 1.85. The number of nitrogens with zero attached hydrogens (tertiary/aromatic N) is 2. The molecule has 12 heavy (non-hydrogen) atoms. The van der Waals surface area contributed by atoms with Crippen LogP contribution < -0.4 is 0 Å². The highest BCUT2D eigenvalue weighted by molar-refractivity contribution is 4.87. The second kappa shape index (κ2) is 3.72. The van der Waals surface area contributed by atoms with Crippen LogP contribution in [-0.4, -0.2) is 28.0 Å². The molecule has 3 nitrogen and oxygen atoms in total. The summed E-state index contributed by atoms with van der Waals surface area (Å²) in [6.45, 7) is 3.47. The molecule has 0 aromatic carbocycles. The topological polar surface area (TPSA) is 31.9 Å². The summed E-state index contributed by atoms with van der Waals surface area (Å²) in [6, 6.07) is 0. The fourth-order valence-electron chi connectivity index (χ4n) is 1.71. The molecule has 1 aromatic heterocycles. The number of hydrogen-bond donors (Lipinski definition) is 1. The fourth-order valence-corrected chi connectivity index (χ4v) is 1.71. The zero-order valence-corrected chi connectivity index (χ0v) is 7.29. The van der Waals surface area contributed by atoms with Crippen molar-refractivity contribution in [3.05, 3.63) is 18.2 Å². The minimum Gasteiger partial charge on any atom is -0.348 e. The van der Waals surface area contributed by atoms with E-state index in [1.54, 1.807) is 0 Å². The maximum Gasteiger partial charge on any atom is 0.120 e. The van der Waals surface area contributed by atoms with Crippen LogP contribution >= 0.6 is 0 Å². The Kier molecular flexibility index (Phi) is 2.42. The summed E-state index contributed by atoms with van der Waals surface area (Å²) in [4.78, 5) is 9.81. The predicted molar refractivity (Wildman–Crippen MR) is 47.7 cm³/mol. The van der Waals surface area contributed by atoms with Crippen LogP contribution in [0.5, 0.6) is 0 Å². The van der Waals surface area contributed by atoms with Gasteiger partial charge in [0.2, 0.25) is 0 Å². The van der Waals surface area contributed by atoms with Crippen molar-refractivity contribution in [3.63, 3.8) is 0 Å². The first-order valence-electron chi connectivity index (χ1n) is 4.66. The highest BCUT2D eigenvalue weighted by atomic mass is 15.1. The number of piperidine rings is 1. The fraction of sp³-hybridized carbons (Fsp3) is 0.667. The molecule has 1 aromatic rings. The first-order valence-corrected chi connectivity index (χ1v) is 4.66. The van der Waals surface area contributed by atoms with Crippen molar-refractivity contribution in [1.82, 2.24) is 14.9 Å². The Morgan fingerprint density at radius 1 is 1.33 bits per heavy atom. The maximum atomic E-state index is 4.21. The number of hydrogen-bond acceptors (Lipinski definition) is 2. The zero-order chi connectivity index (χ0) is 8.23. The van der Waals surface area contributed by atoms with Crippen LogP contribution in [0.3, 0.4) is 0 Å². The van der Waals surface area contributed by atoms with E-state index in [9.17, 15) is 0 Å². The maximum absolute atomic E-state index is 4.21.